The molecule has 0 amide bonds. The molecule has 0 aliphatic carbocycles. The van der Waals surface area contributed by atoms with Crippen LogP contribution in [-0.2, 0) is 10.0 Å². The van der Waals surface area contributed by atoms with E-state index in [1.165, 1.54) is 4.88 Å². The van der Waals surface area contributed by atoms with Crippen LogP contribution in [0.2, 0.25) is 5.02 Å². The summed E-state index contributed by atoms with van der Waals surface area (Å²) in [6.45, 7) is 3.73. The summed E-state index contributed by atoms with van der Waals surface area (Å²) in [7, 11) is -3.66. The van der Waals surface area contributed by atoms with Gasteiger partial charge in [0.05, 0.1) is 4.90 Å². The molecule has 0 saturated carbocycles. The summed E-state index contributed by atoms with van der Waals surface area (Å²) in [4.78, 5) is 1.39. The van der Waals surface area contributed by atoms with Crippen LogP contribution >= 0.6 is 22.9 Å². The first-order valence-electron chi connectivity index (χ1n) is 6.65. The summed E-state index contributed by atoms with van der Waals surface area (Å²) in [5, 5.41) is 1.47. The Hall–Kier alpha value is -1.56. The largest absolute Gasteiger partial charge is 0.280 e. The van der Waals surface area contributed by atoms with Gasteiger partial charge in [0.1, 0.15) is 0 Å². The molecule has 3 rings (SSSR count). The number of hydrogen-bond acceptors (Lipinski definition) is 3. The number of sulfonamides is 1. The minimum atomic E-state index is -3.66. The van der Waals surface area contributed by atoms with Gasteiger partial charge in [0.15, 0.2) is 0 Å². The highest BCUT2D eigenvalue weighted by Gasteiger charge is 2.18. The highest BCUT2D eigenvalue weighted by Crippen LogP contribution is 2.29. The Morgan fingerprint density at radius 3 is 2.64 bits per heavy atom. The van der Waals surface area contributed by atoms with E-state index in [-0.39, 0.29) is 4.90 Å². The first-order chi connectivity index (χ1) is 10.4. The van der Waals surface area contributed by atoms with Gasteiger partial charge < -0.3 is 0 Å². The minimum absolute atomic E-state index is 0.196. The summed E-state index contributed by atoms with van der Waals surface area (Å²) >= 11 is 7.70. The number of fused-ring (bicyclic) bond motifs is 1. The Morgan fingerprint density at radius 2 is 1.86 bits per heavy atom. The molecule has 0 atom stereocenters. The van der Waals surface area contributed by atoms with Crippen molar-refractivity contribution in [1.82, 2.24) is 0 Å². The third-order valence-electron chi connectivity index (χ3n) is 3.40. The quantitative estimate of drug-likeness (QED) is 0.723. The number of benzene rings is 2. The van der Waals surface area contributed by atoms with Crippen LogP contribution in [0.15, 0.2) is 47.4 Å². The van der Waals surface area contributed by atoms with Gasteiger partial charge in [0, 0.05) is 20.3 Å². The van der Waals surface area contributed by atoms with Crippen LogP contribution in [0.25, 0.3) is 10.1 Å². The number of rotatable bonds is 3. The Morgan fingerprint density at radius 1 is 1.09 bits per heavy atom. The zero-order chi connectivity index (χ0) is 15.9. The number of aryl methyl sites for hydroxylation is 1. The van der Waals surface area contributed by atoms with Crippen molar-refractivity contribution in [3.8, 4) is 0 Å². The van der Waals surface area contributed by atoms with Crippen molar-refractivity contribution in [2.24, 2.45) is 0 Å². The van der Waals surface area contributed by atoms with Crippen LogP contribution in [-0.4, -0.2) is 8.42 Å². The molecule has 0 radical (unpaired) electrons. The summed E-state index contributed by atoms with van der Waals surface area (Å²) in [6.07, 6.45) is 0. The molecule has 0 aliphatic heterocycles. The van der Waals surface area contributed by atoms with E-state index in [0.29, 0.717) is 16.3 Å². The summed E-state index contributed by atoms with van der Waals surface area (Å²) in [6, 6.07) is 12.5. The van der Waals surface area contributed by atoms with Gasteiger partial charge in [0.25, 0.3) is 10.0 Å². The number of nitrogens with one attached hydrogen (secondary N) is 1. The second-order valence-corrected chi connectivity index (χ2v) is 8.42. The average molecular weight is 352 g/mol. The van der Waals surface area contributed by atoms with E-state index in [1.54, 1.807) is 42.5 Å². The first kappa shape index (κ1) is 15.3. The Kier molecular flexibility index (Phi) is 3.89. The van der Waals surface area contributed by atoms with Gasteiger partial charge in [-0.05, 0) is 61.2 Å². The molecule has 2 aromatic carbocycles. The highest BCUT2D eigenvalue weighted by atomic mass is 35.5. The summed E-state index contributed by atoms with van der Waals surface area (Å²) in [5.41, 5.74) is 1.09. The molecule has 114 valence electrons. The zero-order valence-electron chi connectivity index (χ0n) is 12.1. The van der Waals surface area contributed by atoms with Crippen molar-refractivity contribution in [1.29, 1.82) is 0 Å². The molecule has 0 unspecified atom stereocenters. The van der Waals surface area contributed by atoms with Crippen LogP contribution < -0.4 is 4.72 Å². The number of halogens is 1. The van der Waals surface area contributed by atoms with Gasteiger partial charge in [-0.3, -0.25) is 4.72 Å². The van der Waals surface area contributed by atoms with Gasteiger partial charge in [-0.1, -0.05) is 17.7 Å². The van der Waals surface area contributed by atoms with Gasteiger partial charge in [0.2, 0.25) is 0 Å². The molecule has 0 fully saturated rings. The van der Waals surface area contributed by atoms with Crippen LogP contribution in [0.1, 0.15) is 10.4 Å². The molecule has 6 heteroatoms. The van der Waals surface area contributed by atoms with Gasteiger partial charge in [-0.15, -0.1) is 11.3 Å². The first-order valence-corrected chi connectivity index (χ1v) is 9.33. The molecule has 1 N–H and O–H groups in total. The van der Waals surface area contributed by atoms with Gasteiger partial charge >= 0.3 is 0 Å². The fourth-order valence-electron chi connectivity index (χ4n) is 2.33. The van der Waals surface area contributed by atoms with E-state index in [9.17, 15) is 8.42 Å². The van der Waals surface area contributed by atoms with Crippen molar-refractivity contribution >= 4 is 48.7 Å². The predicted octanol–water partition coefficient (Wildman–Crippen LogP) is 4.97. The highest BCUT2D eigenvalue weighted by molar-refractivity contribution is 7.92. The topological polar surface area (TPSA) is 46.2 Å². The van der Waals surface area contributed by atoms with Crippen molar-refractivity contribution in [2.75, 3.05) is 4.72 Å². The third kappa shape index (κ3) is 2.84. The fraction of sp³-hybridized carbons (Fsp3) is 0.125. The Bertz CT molecular complexity index is 961. The Labute approximate surface area is 138 Å². The van der Waals surface area contributed by atoms with Crippen molar-refractivity contribution < 1.29 is 8.42 Å². The van der Waals surface area contributed by atoms with E-state index < -0.39 is 10.0 Å². The lowest BCUT2D eigenvalue weighted by atomic mass is 10.2. The third-order valence-corrected chi connectivity index (χ3v) is 6.37. The van der Waals surface area contributed by atoms with Crippen molar-refractivity contribution in [3.63, 3.8) is 0 Å². The average Bonchev–Trinajstić information content (AvgIpc) is 2.80. The van der Waals surface area contributed by atoms with Crippen molar-refractivity contribution in [2.45, 2.75) is 18.7 Å². The van der Waals surface area contributed by atoms with Crippen molar-refractivity contribution in [3.05, 3.63) is 57.9 Å². The molecule has 3 nitrogen and oxygen atoms in total. The molecule has 0 aliphatic rings. The van der Waals surface area contributed by atoms with Crippen LogP contribution in [0.4, 0.5) is 5.69 Å². The smallest absolute Gasteiger partial charge is 0.262 e. The van der Waals surface area contributed by atoms with E-state index in [1.807, 2.05) is 25.1 Å². The van der Waals surface area contributed by atoms with Crippen LogP contribution in [0.5, 0.6) is 0 Å². The SMILES string of the molecule is Cc1cc2cc(NS(=O)(=O)c3cccc(Cl)c3C)ccc2s1. The van der Waals surface area contributed by atoms with Gasteiger partial charge in [-0.25, -0.2) is 8.42 Å². The maximum atomic E-state index is 12.5. The van der Waals surface area contributed by atoms with E-state index in [2.05, 4.69) is 4.72 Å². The predicted molar refractivity (Wildman–Crippen MR) is 93.6 cm³/mol. The summed E-state index contributed by atoms with van der Waals surface area (Å²) < 4.78 is 28.9. The molecule has 3 aromatic rings. The lowest BCUT2D eigenvalue weighted by Gasteiger charge is -2.11. The normalized spacial score (nSPS) is 11.8. The van der Waals surface area contributed by atoms with Crippen LogP contribution in [0, 0.1) is 13.8 Å². The van der Waals surface area contributed by atoms with E-state index in [4.69, 9.17) is 11.6 Å². The standard InChI is InChI=1S/C16H14ClNO2S2/c1-10-8-12-9-13(6-7-15(12)21-10)18-22(19,20)16-5-3-4-14(17)11(16)2/h3-9,18H,1-2H3. The number of thiophene rings is 1. The van der Waals surface area contributed by atoms with E-state index >= 15 is 0 Å². The molecule has 22 heavy (non-hydrogen) atoms. The Balaban J connectivity index is 2.00. The number of hydrogen-bond donors (Lipinski definition) is 1. The second-order valence-electron chi connectivity index (χ2n) is 5.08. The molecular formula is C16H14ClNO2S2. The van der Waals surface area contributed by atoms with Crippen LogP contribution in [0.3, 0.4) is 0 Å². The molecule has 0 bridgehead atoms. The lowest BCUT2D eigenvalue weighted by Crippen LogP contribution is -2.14. The zero-order valence-corrected chi connectivity index (χ0v) is 14.4. The number of anilines is 1. The van der Waals surface area contributed by atoms with E-state index in [0.717, 1.165) is 10.1 Å². The fourth-order valence-corrected chi connectivity index (χ4v) is 4.78. The maximum absolute atomic E-state index is 12.5. The van der Waals surface area contributed by atoms with Gasteiger partial charge in [-0.2, -0.15) is 0 Å². The molecular weight excluding hydrogens is 338 g/mol. The second kappa shape index (κ2) is 5.57. The molecule has 0 saturated heterocycles. The lowest BCUT2D eigenvalue weighted by molar-refractivity contribution is 0.600. The summed E-state index contributed by atoms with van der Waals surface area (Å²) in [5.74, 6) is 0. The minimum Gasteiger partial charge on any atom is -0.280 e. The molecule has 0 spiro atoms. The molecule has 1 aromatic heterocycles. The molecule has 1 heterocycles. The monoisotopic (exact) mass is 351 g/mol. The maximum Gasteiger partial charge on any atom is 0.262 e.